The van der Waals surface area contributed by atoms with Gasteiger partial charge in [0, 0.05) is 37.1 Å². The minimum absolute atomic E-state index is 0.0193. The summed E-state index contributed by atoms with van der Waals surface area (Å²) in [4.78, 5) is 25.4. The maximum Gasteiger partial charge on any atom is 0.196 e. The van der Waals surface area contributed by atoms with Crippen LogP contribution >= 0.6 is 0 Å². The van der Waals surface area contributed by atoms with Crippen LogP contribution in [0, 0.1) is 0 Å². The highest BCUT2D eigenvalue weighted by atomic mass is 16.3. The van der Waals surface area contributed by atoms with Crippen molar-refractivity contribution in [3.05, 3.63) is 28.3 Å². The Hall–Kier alpha value is -2.38. The first-order chi connectivity index (χ1) is 10.7. The molecule has 1 aromatic carbocycles. The third kappa shape index (κ3) is 2.12. The molecule has 0 amide bonds. The molecule has 2 atom stereocenters. The van der Waals surface area contributed by atoms with Gasteiger partial charge in [-0.2, -0.15) is 0 Å². The Balaban J connectivity index is 2.29. The quantitative estimate of drug-likeness (QED) is 0.381. The van der Waals surface area contributed by atoms with Crippen molar-refractivity contribution in [2.75, 3.05) is 12.4 Å². The molecular formula is C16H17NO6. The largest absolute Gasteiger partial charge is 0.507 e. The van der Waals surface area contributed by atoms with Crippen molar-refractivity contribution < 1.29 is 30.0 Å². The summed E-state index contributed by atoms with van der Waals surface area (Å²) in [6.45, 7) is 1.47. The van der Waals surface area contributed by atoms with Crippen LogP contribution in [0.2, 0.25) is 0 Å². The summed E-state index contributed by atoms with van der Waals surface area (Å²) in [5, 5.41) is 43.3. The van der Waals surface area contributed by atoms with Crippen molar-refractivity contribution in [1.29, 1.82) is 0 Å². The van der Waals surface area contributed by atoms with Crippen molar-refractivity contribution in [3.8, 4) is 11.5 Å². The average molecular weight is 319 g/mol. The second-order valence-corrected chi connectivity index (χ2v) is 6.24. The average Bonchev–Trinajstić information content (AvgIpc) is 2.44. The highest BCUT2D eigenvalue weighted by Crippen LogP contribution is 2.46. The number of nitrogens with one attached hydrogen (secondary N) is 1. The van der Waals surface area contributed by atoms with Gasteiger partial charge in [-0.05, 0) is 6.92 Å². The fourth-order valence-electron chi connectivity index (χ4n) is 3.34. The number of phenolic OH excluding ortho intramolecular Hbond substituents is 2. The molecular weight excluding hydrogens is 302 g/mol. The van der Waals surface area contributed by atoms with Gasteiger partial charge in [-0.1, -0.05) is 0 Å². The van der Waals surface area contributed by atoms with Gasteiger partial charge in [-0.3, -0.25) is 9.59 Å². The molecule has 5 N–H and O–H groups in total. The van der Waals surface area contributed by atoms with Crippen molar-refractivity contribution >= 4 is 17.3 Å². The van der Waals surface area contributed by atoms with E-state index in [2.05, 4.69) is 5.32 Å². The first-order valence-electron chi connectivity index (χ1n) is 7.17. The van der Waals surface area contributed by atoms with Gasteiger partial charge in [0.25, 0.3) is 0 Å². The van der Waals surface area contributed by atoms with Gasteiger partial charge in [0.2, 0.25) is 0 Å². The maximum absolute atomic E-state index is 12.7. The zero-order valence-electron chi connectivity index (χ0n) is 12.7. The van der Waals surface area contributed by atoms with Crippen LogP contribution in [0.5, 0.6) is 11.5 Å². The van der Waals surface area contributed by atoms with Crippen LogP contribution in [-0.2, 0) is 0 Å². The number of aromatic hydroxyl groups is 2. The predicted octanol–water partition coefficient (Wildman–Crippen LogP) is 0.721. The molecule has 0 aromatic heterocycles. The molecule has 0 saturated heterocycles. The molecule has 122 valence electrons. The first-order valence-corrected chi connectivity index (χ1v) is 7.17. The van der Waals surface area contributed by atoms with Gasteiger partial charge in [-0.15, -0.1) is 0 Å². The van der Waals surface area contributed by atoms with Crippen LogP contribution in [0.1, 0.15) is 40.5 Å². The zero-order chi connectivity index (χ0) is 17.1. The van der Waals surface area contributed by atoms with E-state index >= 15 is 0 Å². The molecule has 2 aliphatic rings. The number of phenols is 2. The normalized spacial score (nSPS) is 26.9. The molecule has 0 aliphatic heterocycles. The number of ketones is 2. The number of fused-ring (bicyclic) bond motifs is 1. The van der Waals surface area contributed by atoms with E-state index < -0.39 is 34.8 Å². The summed E-state index contributed by atoms with van der Waals surface area (Å²) >= 11 is 0. The summed E-state index contributed by atoms with van der Waals surface area (Å²) in [7, 11) is 1.50. The van der Waals surface area contributed by atoms with Crippen LogP contribution in [0.15, 0.2) is 17.2 Å². The van der Waals surface area contributed by atoms with E-state index in [-0.39, 0.29) is 40.8 Å². The van der Waals surface area contributed by atoms with Crippen LogP contribution in [0.4, 0.5) is 5.69 Å². The summed E-state index contributed by atoms with van der Waals surface area (Å²) in [5.41, 5.74) is -1.97. The molecule has 0 radical (unpaired) electrons. The highest BCUT2D eigenvalue weighted by molar-refractivity contribution is 6.30. The number of hydrogen-bond donors (Lipinski definition) is 5. The lowest BCUT2D eigenvalue weighted by atomic mass is 9.71. The predicted molar refractivity (Wildman–Crippen MR) is 80.9 cm³/mol. The Kier molecular flexibility index (Phi) is 3.24. The fourth-order valence-corrected chi connectivity index (χ4v) is 3.34. The minimum Gasteiger partial charge on any atom is -0.507 e. The lowest BCUT2D eigenvalue weighted by Crippen LogP contribution is -2.42. The summed E-state index contributed by atoms with van der Waals surface area (Å²) in [5.74, 6) is -2.26. The van der Waals surface area contributed by atoms with Crippen molar-refractivity contribution in [3.63, 3.8) is 0 Å². The second-order valence-electron chi connectivity index (χ2n) is 6.24. The van der Waals surface area contributed by atoms with E-state index in [1.54, 1.807) is 0 Å². The van der Waals surface area contributed by atoms with E-state index in [1.165, 1.54) is 14.0 Å². The van der Waals surface area contributed by atoms with Crippen molar-refractivity contribution in [2.45, 2.75) is 31.5 Å². The Morgan fingerprint density at radius 2 is 1.87 bits per heavy atom. The SMILES string of the molecule is CNc1cc(O)c2c(c1O)C(=O)C1=C(C2=O)[C@@H](O)C[C@@](C)(O)C1. The van der Waals surface area contributed by atoms with Crippen molar-refractivity contribution in [1.82, 2.24) is 0 Å². The number of hydrogen-bond acceptors (Lipinski definition) is 7. The molecule has 0 saturated carbocycles. The maximum atomic E-state index is 12.7. The van der Waals surface area contributed by atoms with E-state index in [0.29, 0.717) is 0 Å². The number of aliphatic hydroxyl groups excluding tert-OH is 1. The van der Waals surface area contributed by atoms with E-state index in [9.17, 15) is 30.0 Å². The standard InChI is InChI=1S/C16H17NO6/c1-16(23)4-6-10(9(19)5-16)15(22)11-8(18)3-7(17-2)14(21)12(11)13(6)20/h3,9,17-19,21,23H,4-5H2,1-2H3/t9-,16-/m0/s1. The second kappa shape index (κ2) is 4.81. The molecule has 7 nitrogen and oxygen atoms in total. The topological polar surface area (TPSA) is 127 Å². The summed E-state index contributed by atoms with van der Waals surface area (Å²) in [6, 6.07) is 1.15. The number of benzene rings is 1. The first kappa shape index (κ1) is 15.5. The van der Waals surface area contributed by atoms with Crippen LogP contribution in [-0.4, -0.2) is 50.7 Å². The molecule has 3 rings (SSSR count). The Labute approximate surface area is 131 Å². The van der Waals surface area contributed by atoms with Crippen molar-refractivity contribution in [2.24, 2.45) is 0 Å². The number of aliphatic hydroxyl groups is 2. The Morgan fingerprint density at radius 3 is 2.48 bits per heavy atom. The van der Waals surface area contributed by atoms with Crippen LogP contribution in [0.25, 0.3) is 0 Å². The van der Waals surface area contributed by atoms with Gasteiger partial charge >= 0.3 is 0 Å². The van der Waals surface area contributed by atoms with E-state index in [1.807, 2.05) is 0 Å². The highest BCUT2D eigenvalue weighted by Gasteiger charge is 2.46. The molecule has 1 aromatic rings. The Morgan fingerprint density at radius 1 is 1.22 bits per heavy atom. The van der Waals surface area contributed by atoms with E-state index in [4.69, 9.17) is 0 Å². The van der Waals surface area contributed by atoms with Gasteiger partial charge in [0.15, 0.2) is 17.3 Å². The molecule has 7 heteroatoms. The summed E-state index contributed by atoms with van der Waals surface area (Å²) < 4.78 is 0. The van der Waals surface area contributed by atoms with Gasteiger partial charge in [0.05, 0.1) is 28.5 Å². The number of Topliss-reactive ketones (excluding diaryl/α,β-unsaturated/α-hetero) is 2. The number of carbonyl (C=O) groups is 2. The van der Waals surface area contributed by atoms with E-state index in [0.717, 1.165) is 6.07 Å². The molecule has 0 fully saturated rings. The smallest absolute Gasteiger partial charge is 0.196 e. The number of carbonyl (C=O) groups excluding carboxylic acids is 2. The number of anilines is 1. The number of rotatable bonds is 1. The molecule has 0 bridgehead atoms. The molecule has 0 unspecified atom stereocenters. The third-order valence-electron chi connectivity index (χ3n) is 4.37. The van der Waals surface area contributed by atoms with Crippen LogP contribution in [0.3, 0.4) is 0 Å². The molecule has 23 heavy (non-hydrogen) atoms. The lowest BCUT2D eigenvalue weighted by Gasteiger charge is -2.36. The summed E-state index contributed by atoms with van der Waals surface area (Å²) in [6.07, 6.45) is -1.49. The van der Waals surface area contributed by atoms with Gasteiger partial charge in [0.1, 0.15) is 5.75 Å². The lowest BCUT2D eigenvalue weighted by molar-refractivity contribution is 0.00374. The van der Waals surface area contributed by atoms with Gasteiger partial charge in [-0.25, -0.2) is 0 Å². The molecule has 0 heterocycles. The molecule has 0 spiro atoms. The van der Waals surface area contributed by atoms with Crippen LogP contribution < -0.4 is 5.32 Å². The monoisotopic (exact) mass is 319 g/mol. The minimum atomic E-state index is -1.33. The van der Waals surface area contributed by atoms with Gasteiger partial charge < -0.3 is 25.7 Å². The molecule has 2 aliphatic carbocycles. The zero-order valence-corrected chi connectivity index (χ0v) is 12.7. The Bertz CT molecular complexity index is 777. The fraction of sp³-hybridized carbons (Fsp3) is 0.375. The third-order valence-corrected chi connectivity index (χ3v) is 4.37.